The summed E-state index contributed by atoms with van der Waals surface area (Å²) in [5.74, 6) is 0. The van der Waals surface area contributed by atoms with Gasteiger partial charge in [-0.15, -0.1) is 0 Å². The number of halogens is 2. The maximum Gasteiger partial charge on any atom is 0.348 e. The molecule has 1 heterocycles. The van der Waals surface area contributed by atoms with Gasteiger partial charge in [-0.3, -0.25) is 9.74 Å². The van der Waals surface area contributed by atoms with E-state index in [1.165, 1.54) is 5.06 Å². The molecule has 0 N–H and O–H groups in total. The molecular formula is C10H10Cl2N2O2. The Morgan fingerprint density at radius 3 is 2.75 bits per heavy atom. The highest BCUT2D eigenvalue weighted by atomic mass is 35.5. The van der Waals surface area contributed by atoms with Gasteiger partial charge in [0.2, 0.25) is 0 Å². The maximum absolute atomic E-state index is 11.8. The Balaban J connectivity index is 2.29. The summed E-state index contributed by atoms with van der Waals surface area (Å²) in [6.07, 6.45) is 0. The van der Waals surface area contributed by atoms with E-state index in [2.05, 4.69) is 0 Å². The van der Waals surface area contributed by atoms with Crippen LogP contribution in [0.15, 0.2) is 18.2 Å². The summed E-state index contributed by atoms with van der Waals surface area (Å²) in [5, 5.41) is 2.10. The van der Waals surface area contributed by atoms with E-state index in [0.29, 0.717) is 23.2 Å². The Hall–Kier alpha value is -0.970. The first-order valence-corrected chi connectivity index (χ1v) is 5.48. The molecule has 0 spiro atoms. The molecule has 86 valence electrons. The zero-order chi connectivity index (χ0) is 11.7. The Morgan fingerprint density at radius 2 is 2.06 bits per heavy atom. The molecule has 0 unspecified atom stereocenters. The Morgan fingerprint density at radius 1 is 1.31 bits per heavy atom. The highest BCUT2D eigenvalue weighted by Gasteiger charge is 2.25. The predicted octanol–water partition coefficient (Wildman–Crippen LogP) is 2.80. The van der Waals surface area contributed by atoms with Gasteiger partial charge in [0.15, 0.2) is 0 Å². The van der Waals surface area contributed by atoms with Crippen molar-refractivity contribution in [2.45, 2.75) is 0 Å². The van der Waals surface area contributed by atoms with Gasteiger partial charge in [-0.1, -0.05) is 23.2 Å². The fourth-order valence-corrected chi connectivity index (χ4v) is 1.77. The molecule has 1 saturated heterocycles. The number of amides is 2. The molecule has 0 saturated carbocycles. The second kappa shape index (κ2) is 4.49. The molecule has 16 heavy (non-hydrogen) atoms. The van der Waals surface area contributed by atoms with Crippen LogP contribution in [0.4, 0.5) is 10.5 Å². The Labute approximate surface area is 103 Å². The van der Waals surface area contributed by atoms with Gasteiger partial charge in [-0.2, -0.15) is 0 Å². The van der Waals surface area contributed by atoms with Crippen LogP contribution in [0, 0.1) is 0 Å². The molecule has 0 atom stereocenters. The van der Waals surface area contributed by atoms with Crippen molar-refractivity contribution in [3.63, 3.8) is 0 Å². The smallest absolute Gasteiger partial charge is 0.290 e. The molecule has 0 aromatic heterocycles. The van der Waals surface area contributed by atoms with Gasteiger partial charge in [0.05, 0.1) is 23.2 Å². The first-order chi connectivity index (χ1) is 7.59. The second-order valence-corrected chi connectivity index (χ2v) is 4.18. The van der Waals surface area contributed by atoms with Crippen LogP contribution in [-0.4, -0.2) is 31.3 Å². The lowest BCUT2D eigenvalue weighted by Gasteiger charge is -2.32. The molecule has 2 amide bonds. The van der Waals surface area contributed by atoms with Gasteiger partial charge in [-0.25, -0.2) is 9.86 Å². The topological polar surface area (TPSA) is 32.8 Å². The van der Waals surface area contributed by atoms with E-state index < -0.39 is 0 Å². The fourth-order valence-electron chi connectivity index (χ4n) is 1.48. The van der Waals surface area contributed by atoms with E-state index >= 15 is 0 Å². The molecule has 1 aromatic rings. The van der Waals surface area contributed by atoms with Gasteiger partial charge >= 0.3 is 6.03 Å². The van der Waals surface area contributed by atoms with Crippen LogP contribution in [0.5, 0.6) is 0 Å². The van der Waals surface area contributed by atoms with Gasteiger partial charge in [-0.05, 0) is 18.2 Å². The Kier molecular flexibility index (Phi) is 3.23. The minimum atomic E-state index is -0.218. The second-order valence-electron chi connectivity index (χ2n) is 3.36. The van der Waals surface area contributed by atoms with Crippen molar-refractivity contribution >= 4 is 34.9 Å². The molecule has 2 rings (SSSR count). The van der Waals surface area contributed by atoms with Crippen LogP contribution in [0.3, 0.4) is 0 Å². The van der Waals surface area contributed by atoms with Crippen molar-refractivity contribution in [2.24, 2.45) is 0 Å². The largest absolute Gasteiger partial charge is 0.348 e. The van der Waals surface area contributed by atoms with Crippen LogP contribution in [0.25, 0.3) is 0 Å². The zero-order valence-corrected chi connectivity index (χ0v) is 10.1. The third-order valence-corrected chi connectivity index (χ3v) is 3.05. The van der Waals surface area contributed by atoms with Crippen LogP contribution >= 0.6 is 23.2 Å². The number of hydroxylamine groups is 2. The number of urea groups is 1. The van der Waals surface area contributed by atoms with E-state index in [-0.39, 0.29) is 6.03 Å². The normalized spacial score (nSPS) is 16.8. The zero-order valence-electron chi connectivity index (χ0n) is 8.61. The first kappa shape index (κ1) is 11.5. The van der Waals surface area contributed by atoms with E-state index in [0.717, 1.165) is 5.69 Å². The number of carbonyl (C=O) groups is 1. The van der Waals surface area contributed by atoms with Gasteiger partial charge in [0.25, 0.3) is 0 Å². The van der Waals surface area contributed by atoms with Gasteiger partial charge < -0.3 is 0 Å². The lowest BCUT2D eigenvalue weighted by Crippen LogP contribution is -2.48. The number of carbonyl (C=O) groups excluding carboxylic acids is 1. The van der Waals surface area contributed by atoms with Gasteiger partial charge in [0.1, 0.15) is 0 Å². The monoisotopic (exact) mass is 260 g/mol. The summed E-state index contributed by atoms with van der Waals surface area (Å²) < 4.78 is 0. The van der Waals surface area contributed by atoms with Crippen molar-refractivity contribution in [3.8, 4) is 0 Å². The number of benzene rings is 1. The molecule has 0 radical (unpaired) electrons. The molecule has 1 aliphatic rings. The van der Waals surface area contributed by atoms with Crippen molar-refractivity contribution in [2.75, 3.05) is 25.1 Å². The van der Waals surface area contributed by atoms with Crippen molar-refractivity contribution in [3.05, 3.63) is 28.2 Å². The van der Waals surface area contributed by atoms with Crippen molar-refractivity contribution in [1.29, 1.82) is 0 Å². The highest BCUT2D eigenvalue weighted by molar-refractivity contribution is 6.42. The predicted molar refractivity (Wildman–Crippen MR) is 62.9 cm³/mol. The average Bonchev–Trinajstić information content (AvgIpc) is 2.26. The van der Waals surface area contributed by atoms with Crippen molar-refractivity contribution < 1.29 is 9.63 Å². The van der Waals surface area contributed by atoms with Crippen molar-refractivity contribution in [1.82, 2.24) is 5.06 Å². The molecular weight excluding hydrogens is 251 g/mol. The minimum absolute atomic E-state index is 0.218. The fraction of sp³-hybridized carbons (Fsp3) is 0.300. The number of rotatable bonds is 1. The molecule has 1 aliphatic heterocycles. The maximum atomic E-state index is 11.8. The number of hydrogen-bond donors (Lipinski definition) is 0. The first-order valence-electron chi connectivity index (χ1n) is 4.73. The van der Waals surface area contributed by atoms with Crippen LogP contribution in [-0.2, 0) is 4.84 Å². The average molecular weight is 261 g/mol. The highest BCUT2D eigenvalue weighted by Crippen LogP contribution is 2.28. The molecule has 1 fully saturated rings. The number of hydrogen-bond acceptors (Lipinski definition) is 2. The van der Waals surface area contributed by atoms with E-state index in [1.54, 1.807) is 30.1 Å². The summed E-state index contributed by atoms with van der Waals surface area (Å²) in [4.78, 5) is 18.4. The number of nitrogens with zero attached hydrogens (tertiary/aromatic N) is 2. The van der Waals surface area contributed by atoms with Crippen LogP contribution < -0.4 is 4.90 Å². The molecule has 0 bridgehead atoms. The van der Waals surface area contributed by atoms with Crippen LogP contribution in [0.1, 0.15) is 0 Å². The Bertz CT molecular complexity index is 425. The summed E-state index contributed by atoms with van der Waals surface area (Å²) in [6.45, 7) is 0.962. The molecule has 6 heteroatoms. The SMILES string of the molecule is CN1OCCN(c2ccc(Cl)c(Cl)c2)C1=O. The minimum Gasteiger partial charge on any atom is -0.290 e. The van der Waals surface area contributed by atoms with E-state index in [4.69, 9.17) is 28.0 Å². The van der Waals surface area contributed by atoms with Gasteiger partial charge in [0, 0.05) is 12.7 Å². The quantitative estimate of drug-likeness (QED) is 0.778. The third kappa shape index (κ3) is 2.09. The molecule has 0 aliphatic carbocycles. The lowest BCUT2D eigenvalue weighted by atomic mass is 10.3. The summed E-state index contributed by atoms with van der Waals surface area (Å²) in [5.41, 5.74) is 0.717. The third-order valence-electron chi connectivity index (χ3n) is 2.31. The van der Waals surface area contributed by atoms with Crippen LogP contribution in [0.2, 0.25) is 10.0 Å². The molecule has 1 aromatic carbocycles. The molecule has 4 nitrogen and oxygen atoms in total. The standard InChI is InChI=1S/C10H10Cl2N2O2/c1-13-10(15)14(4-5-16-13)7-2-3-8(11)9(12)6-7/h2-3,6H,4-5H2,1H3. The summed E-state index contributed by atoms with van der Waals surface area (Å²) in [6, 6.07) is 4.87. The van der Waals surface area contributed by atoms with E-state index in [9.17, 15) is 4.79 Å². The lowest BCUT2D eigenvalue weighted by molar-refractivity contribution is -0.105. The van der Waals surface area contributed by atoms with E-state index in [1.807, 2.05) is 0 Å². The summed E-state index contributed by atoms with van der Waals surface area (Å²) in [7, 11) is 1.58. The number of anilines is 1. The summed E-state index contributed by atoms with van der Waals surface area (Å²) >= 11 is 11.7.